The third-order valence-corrected chi connectivity index (χ3v) is 3.57. The molecule has 2 atom stereocenters. The van der Waals surface area contributed by atoms with Gasteiger partial charge in [-0.05, 0) is 37.6 Å². The molecule has 1 aromatic rings. The smallest absolute Gasteiger partial charge is 0.255 e. The minimum atomic E-state index is -0.254. The largest absolute Gasteiger partial charge is 0.504 e. The average molecular weight is 264 g/mol. The van der Waals surface area contributed by atoms with Gasteiger partial charge in [0.15, 0.2) is 11.5 Å². The third-order valence-electron chi connectivity index (χ3n) is 3.57. The van der Waals surface area contributed by atoms with E-state index in [1.807, 2.05) is 0 Å². The Labute approximate surface area is 113 Å². The van der Waals surface area contributed by atoms with Gasteiger partial charge in [0.2, 0.25) is 0 Å². The highest BCUT2D eigenvalue weighted by atomic mass is 16.5. The van der Waals surface area contributed by atoms with E-state index in [2.05, 4.69) is 17.6 Å². The third kappa shape index (κ3) is 2.98. The molecule has 0 spiro atoms. The van der Waals surface area contributed by atoms with Crippen LogP contribution in [0.2, 0.25) is 0 Å². The first-order chi connectivity index (χ1) is 9.13. The summed E-state index contributed by atoms with van der Waals surface area (Å²) in [4.78, 5) is 12.2. The number of amides is 1. The number of aromatic hydroxyl groups is 1. The summed E-state index contributed by atoms with van der Waals surface area (Å²) in [6, 6.07) is 5.05. The molecule has 1 aliphatic heterocycles. The molecule has 0 radical (unpaired) electrons. The fourth-order valence-electron chi connectivity index (χ4n) is 2.34. The van der Waals surface area contributed by atoms with Gasteiger partial charge in [0.05, 0.1) is 12.7 Å². The normalized spacial score (nSPS) is 22.8. The fourth-order valence-corrected chi connectivity index (χ4v) is 2.34. The predicted molar refractivity (Wildman–Crippen MR) is 72.6 cm³/mol. The molecular formula is C14H20N2O3. The number of ether oxygens (including phenoxy) is 1. The monoisotopic (exact) mass is 264 g/mol. The molecule has 2 rings (SSSR count). The molecule has 5 nitrogen and oxygen atoms in total. The van der Waals surface area contributed by atoms with Crippen LogP contribution in [0.1, 0.15) is 23.7 Å². The van der Waals surface area contributed by atoms with Crippen LogP contribution in [0.25, 0.3) is 0 Å². The SMILES string of the molecule is COc1cccc(C(=O)NC2CCNCC2C)c1O. The Hall–Kier alpha value is -1.75. The Morgan fingerprint density at radius 1 is 1.53 bits per heavy atom. The lowest BCUT2D eigenvalue weighted by molar-refractivity contribution is 0.0911. The van der Waals surface area contributed by atoms with Crippen molar-refractivity contribution in [3.63, 3.8) is 0 Å². The molecule has 5 heteroatoms. The number of nitrogens with one attached hydrogen (secondary N) is 2. The quantitative estimate of drug-likeness (QED) is 0.765. The summed E-state index contributed by atoms with van der Waals surface area (Å²) in [5, 5.41) is 16.2. The molecule has 0 aromatic heterocycles. The zero-order chi connectivity index (χ0) is 13.8. The van der Waals surface area contributed by atoms with Crippen LogP contribution in [-0.2, 0) is 0 Å². The molecule has 1 amide bonds. The van der Waals surface area contributed by atoms with Crippen LogP contribution in [0, 0.1) is 5.92 Å². The number of methoxy groups -OCH3 is 1. The molecule has 19 heavy (non-hydrogen) atoms. The second-order valence-corrected chi connectivity index (χ2v) is 4.91. The summed E-state index contributed by atoms with van der Waals surface area (Å²) in [5.74, 6) is 0.329. The van der Waals surface area contributed by atoms with E-state index >= 15 is 0 Å². The molecule has 3 N–H and O–H groups in total. The number of hydrogen-bond acceptors (Lipinski definition) is 4. The maximum Gasteiger partial charge on any atom is 0.255 e. The van der Waals surface area contributed by atoms with E-state index in [1.165, 1.54) is 7.11 Å². The zero-order valence-corrected chi connectivity index (χ0v) is 11.3. The highest BCUT2D eigenvalue weighted by Crippen LogP contribution is 2.29. The minimum Gasteiger partial charge on any atom is -0.504 e. The first-order valence-corrected chi connectivity index (χ1v) is 6.51. The van der Waals surface area contributed by atoms with Crippen molar-refractivity contribution in [1.29, 1.82) is 0 Å². The predicted octanol–water partition coefficient (Wildman–Crippen LogP) is 1.13. The van der Waals surface area contributed by atoms with Crippen LogP contribution < -0.4 is 15.4 Å². The van der Waals surface area contributed by atoms with Crippen LogP contribution in [0.5, 0.6) is 11.5 Å². The molecule has 1 fully saturated rings. The Morgan fingerprint density at radius 2 is 2.32 bits per heavy atom. The van der Waals surface area contributed by atoms with E-state index in [-0.39, 0.29) is 23.3 Å². The highest BCUT2D eigenvalue weighted by molar-refractivity contribution is 5.97. The van der Waals surface area contributed by atoms with Gasteiger partial charge >= 0.3 is 0 Å². The summed E-state index contributed by atoms with van der Waals surface area (Å²) >= 11 is 0. The molecule has 1 aromatic carbocycles. The average Bonchev–Trinajstić information content (AvgIpc) is 2.41. The van der Waals surface area contributed by atoms with Crippen LogP contribution in [0.3, 0.4) is 0 Å². The number of para-hydroxylation sites is 1. The molecule has 1 aliphatic rings. The number of phenolic OH excluding ortho intramolecular Hbond substituents is 1. The number of piperidine rings is 1. The molecule has 0 bridgehead atoms. The number of phenols is 1. The summed E-state index contributed by atoms with van der Waals surface area (Å²) in [7, 11) is 1.46. The van der Waals surface area contributed by atoms with Crippen molar-refractivity contribution in [2.75, 3.05) is 20.2 Å². The van der Waals surface area contributed by atoms with Gasteiger partial charge in [-0.2, -0.15) is 0 Å². The molecule has 2 unspecified atom stereocenters. The van der Waals surface area contributed by atoms with Crippen molar-refractivity contribution in [3.05, 3.63) is 23.8 Å². The maximum atomic E-state index is 12.2. The summed E-state index contributed by atoms with van der Waals surface area (Å²) in [5.41, 5.74) is 0.255. The highest BCUT2D eigenvalue weighted by Gasteiger charge is 2.24. The lowest BCUT2D eigenvalue weighted by Gasteiger charge is -2.30. The van der Waals surface area contributed by atoms with Crippen LogP contribution in [-0.4, -0.2) is 37.3 Å². The fraction of sp³-hybridized carbons (Fsp3) is 0.500. The Bertz CT molecular complexity index is 462. The molecular weight excluding hydrogens is 244 g/mol. The molecule has 0 aliphatic carbocycles. The first kappa shape index (κ1) is 13.7. The van der Waals surface area contributed by atoms with Crippen LogP contribution in [0.15, 0.2) is 18.2 Å². The number of hydrogen-bond donors (Lipinski definition) is 3. The van der Waals surface area contributed by atoms with Gasteiger partial charge in [0, 0.05) is 6.04 Å². The van der Waals surface area contributed by atoms with Gasteiger partial charge < -0.3 is 20.5 Å². The second kappa shape index (κ2) is 5.93. The topological polar surface area (TPSA) is 70.6 Å². The van der Waals surface area contributed by atoms with E-state index in [0.29, 0.717) is 11.7 Å². The molecule has 104 valence electrons. The van der Waals surface area contributed by atoms with Crippen molar-refractivity contribution >= 4 is 5.91 Å². The van der Waals surface area contributed by atoms with E-state index in [1.54, 1.807) is 18.2 Å². The molecule has 1 saturated heterocycles. The Morgan fingerprint density at radius 3 is 3.00 bits per heavy atom. The van der Waals surface area contributed by atoms with Gasteiger partial charge in [-0.1, -0.05) is 13.0 Å². The summed E-state index contributed by atoms with van der Waals surface area (Å²) in [6.07, 6.45) is 0.900. The van der Waals surface area contributed by atoms with Crippen molar-refractivity contribution in [2.24, 2.45) is 5.92 Å². The van der Waals surface area contributed by atoms with E-state index in [0.717, 1.165) is 19.5 Å². The minimum absolute atomic E-state index is 0.107. The lowest BCUT2D eigenvalue weighted by Crippen LogP contribution is -2.48. The number of carbonyl (C=O) groups excluding carboxylic acids is 1. The summed E-state index contributed by atoms with van der Waals surface area (Å²) < 4.78 is 5.01. The lowest BCUT2D eigenvalue weighted by atomic mass is 9.95. The second-order valence-electron chi connectivity index (χ2n) is 4.91. The maximum absolute atomic E-state index is 12.2. The Kier molecular flexibility index (Phi) is 4.27. The van der Waals surface area contributed by atoms with E-state index in [9.17, 15) is 9.90 Å². The van der Waals surface area contributed by atoms with Gasteiger partial charge in [0.1, 0.15) is 0 Å². The first-order valence-electron chi connectivity index (χ1n) is 6.51. The van der Waals surface area contributed by atoms with Crippen LogP contribution in [0.4, 0.5) is 0 Å². The van der Waals surface area contributed by atoms with Crippen molar-refractivity contribution in [2.45, 2.75) is 19.4 Å². The number of benzene rings is 1. The molecule has 0 saturated carbocycles. The van der Waals surface area contributed by atoms with Crippen molar-refractivity contribution < 1.29 is 14.6 Å². The van der Waals surface area contributed by atoms with Gasteiger partial charge in [-0.15, -0.1) is 0 Å². The van der Waals surface area contributed by atoms with Crippen molar-refractivity contribution in [1.82, 2.24) is 10.6 Å². The number of carbonyl (C=O) groups is 1. The van der Waals surface area contributed by atoms with Crippen LogP contribution >= 0.6 is 0 Å². The molecule has 1 heterocycles. The standard InChI is InChI=1S/C14H20N2O3/c1-9-8-15-7-6-11(9)16-14(18)10-4-3-5-12(19-2)13(10)17/h3-5,9,11,15,17H,6-8H2,1-2H3,(H,16,18). The van der Waals surface area contributed by atoms with Gasteiger partial charge in [-0.3, -0.25) is 4.79 Å². The van der Waals surface area contributed by atoms with Gasteiger partial charge in [-0.25, -0.2) is 0 Å². The zero-order valence-electron chi connectivity index (χ0n) is 11.3. The van der Waals surface area contributed by atoms with E-state index in [4.69, 9.17) is 4.74 Å². The number of rotatable bonds is 3. The summed E-state index contributed by atoms with van der Waals surface area (Å²) in [6.45, 7) is 3.90. The van der Waals surface area contributed by atoms with Gasteiger partial charge in [0.25, 0.3) is 5.91 Å². The Balaban J connectivity index is 2.11. The van der Waals surface area contributed by atoms with E-state index < -0.39 is 0 Å². The van der Waals surface area contributed by atoms with Crippen molar-refractivity contribution in [3.8, 4) is 11.5 Å².